The van der Waals surface area contributed by atoms with Gasteiger partial charge in [0, 0.05) is 17.7 Å². The molecule has 1 amide bonds. The average molecular weight is 345 g/mol. The topological polar surface area (TPSA) is 56.2 Å². The summed E-state index contributed by atoms with van der Waals surface area (Å²) in [5.74, 6) is -0.405. The highest BCUT2D eigenvalue weighted by Crippen LogP contribution is 2.34. The molecule has 0 saturated carbocycles. The smallest absolute Gasteiger partial charge is 0.272 e. The number of nitrogens with one attached hydrogen (secondary N) is 1. The highest BCUT2D eigenvalue weighted by atomic mass is 19.1. The van der Waals surface area contributed by atoms with E-state index in [0.29, 0.717) is 30.3 Å². The molecule has 0 bridgehead atoms. The van der Waals surface area contributed by atoms with Crippen LogP contribution < -0.4 is 10.1 Å². The minimum absolute atomic E-state index is 0.234. The highest BCUT2D eigenvalue weighted by Gasteiger charge is 2.26. The Bertz CT molecular complexity index is 768. The van der Waals surface area contributed by atoms with Crippen LogP contribution in [0.3, 0.4) is 0 Å². The third-order valence-corrected chi connectivity index (χ3v) is 4.77. The zero-order chi connectivity index (χ0) is 18.0. The number of aromatic nitrogens is 2. The van der Waals surface area contributed by atoms with Crippen molar-refractivity contribution in [3.63, 3.8) is 0 Å². The summed E-state index contributed by atoms with van der Waals surface area (Å²) < 4.78 is 21.2. The zero-order valence-electron chi connectivity index (χ0n) is 14.9. The molecule has 5 nitrogen and oxygen atoms in total. The van der Waals surface area contributed by atoms with Crippen LogP contribution in [0.1, 0.15) is 66.9 Å². The standard InChI is InChI=1S/C19H24FN3O2/c1-4-13(5-2)23-12(3)11-17(22-23)19(24)21-16-9-10-25-18-14(16)7-6-8-15(18)20/h6-8,11,13,16H,4-5,9-10H2,1-3H3,(H,21,24)/t16-/m0/s1. The van der Waals surface area contributed by atoms with E-state index in [1.54, 1.807) is 18.2 Å². The lowest BCUT2D eigenvalue weighted by Crippen LogP contribution is -2.32. The van der Waals surface area contributed by atoms with Gasteiger partial charge in [-0.25, -0.2) is 4.39 Å². The van der Waals surface area contributed by atoms with Gasteiger partial charge in [-0.15, -0.1) is 0 Å². The quantitative estimate of drug-likeness (QED) is 0.893. The number of amides is 1. The molecule has 6 heteroatoms. The van der Waals surface area contributed by atoms with Crippen molar-refractivity contribution in [2.45, 2.75) is 52.1 Å². The van der Waals surface area contributed by atoms with E-state index >= 15 is 0 Å². The van der Waals surface area contributed by atoms with E-state index in [1.807, 2.05) is 11.6 Å². The van der Waals surface area contributed by atoms with E-state index in [0.717, 1.165) is 18.5 Å². The molecule has 1 aliphatic rings. The third kappa shape index (κ3) is 3.38. The van der Waals surface area contributed by atoms with Crippen molar-refractivity contribution in [3.8, 4) is 5.75 Å². The second-order valence-corrected chi connectivity index (χ2v) is 6.41. The van der Waals surface area contributed by atoms with Gasteiger partial charge >= 0.3 is 0 Å². The minimum Gasteiger partial charge on any atom is -0.490 e. The number of halogens is 1. The molecule has 0 spiro atoms. The van der Waals surface area contributed by atoms with Crippen LogP contribution >= 0.6 is 0 Å². The van der Waals surface area contributed by atoms with E-state index < -0.39 is 5.82 Å². The number of aryl methyl sites for hydroxylation is 1. The number of para-hydroxylation sites is 1. The van der Waals surface area contributed by atoms with Gasteiger partial charge in [0.2, 0.25) is 0 Å². The Balaban J connectivity index is 1.80. The fourth-order valence-electron chi connectivity index (χ4n) is 3.37. The number of hydrogen-bond acceptors (Lipinski definition) is 3. The summed E-state index contributed by atoms with van der Waals surface area (Å²) >= 11 is 0. The summed E-state index contributed by atoms with van der Waals surface area (Å²) in [6, 6.07) is 6.61. The second kappa shape index (κ2) is 7.25. The minimum atomic E-state index is -0.398. The van der Waals surface area contributed by atoms with Gasteiger partial charge in [-0.1, -0.05) is 26.0 Å². The molecular weight excluding hydrogens is 321 g/mol. The van der Waals surface area contributed by atoms with Gasteiger partial charge in [-0.3, -0.25) is 9.48 Å². The lowest BCUT2D eigenvalue weighted by Gasteiger charge is -2.26. The average Bonchev–Trinajstić information content (AvgIpc) is 2.99. The number of nitrogens with zero attached hydrogens (tertiary/aromatic N) is 2. The molecule has 2 heterocycles. The maximum Gasteiger partial charge on any atom is 0.272 e. The molecule has 0 aliphatic carbocycles. The first-order valence-electron chi connectivity index (χ1n) is 8.83. The predicted octanol–water partition coefficient (Wildman–Crippen LogP) is 3.95. The largest absolute Gasteiger partial charge is 0.490 e. The van der Waals surface area contributed by atoms with Crippen LogP contribution in [-0.4, -0.2) is 22.3 Å². The van der Waals surface area contributed by atoms with E-state index in [9.17, 15) is 9.18 Å². The Morgan fingerprint density at radius 1 is 1.44 bits per heavy atom. The first kappa shape index (κ1) is 17.5. The lowest BCUT2D eigenvalue weighted by molar-refractivity contribution is 0.0917. The highest BCUT2D eigenvalue weighted by molar-refractivity contribution is 5.92. The van der Waals surface area contributed by atoms with Gasteiger partial charge < -0.3 is 10.1 Å². The lowest BCUT2D eigenvalue weighted by atomic mass is 10.00. The van der Waals surface area contributed by atoms with Crippen LogP contribution in [0.4, 0.5) is 4.39 Å². The van der Waals surface area contributed by atoms with Crippen LogP contribution in [0.5, 0.6) is 5.75 Å². The Morgan fingerprint density at radius 2 is 2.20 bits per heavy atom. The fourth-order valence-corrected chi connectivity index (χ4v) is 3.37. The van der Waals surface area contributed by atoms with E-state index in [-0.39, 0.29) is 17.7 Å². The number of hydrogen-bond donors (Lipinski definition) is 1. The van der Waals surface area contributed by atoms with Crippen LogP contribution in [0.15, 0.2) is 24.3 Å². The summed E-state index contributed by atoms with van der Waals surface area (Å²) in [4.78, 5) is 12.7. The van der Waals surface area contributed by atoms with Gasteiger partial charge in [0.1, 0.15) is 5.69 Å². The number of rotatable bonds is 5. The molecule has 1 aromatic heterocycles. The molecule has 0 fully saturated rings. The molecule has 1 aliphatic heterocycles. The second-order valence-electron chi connectivity index (χ2n) is 6.41. The first-order valence-corrected chi connectivity index (χ1v) is 8.83. The summed E-state index contributed by atoms with van der Waals surface area (Å²) in [6.45, 7) is 6.56. The molecule has 1 N–H and O–H groups in total. The van der Waals surface area contributed by atoms with Gasteiger partial charge in [0.25, 0.3) is 5.91 Å². The summed E-state index contributed by atoms with van der Waals surface area (Å²) in [5.41, 5.74) is 2.04. The molecule has 0 radical (unpaired) electrons. The fraction of sp³-hybridized carbons (Fsp3) is 0.474. The van der Waals surface area contributed by atoms with Crippen molar-refractivity contribution in [2.24, 2.45) is 0 Å². The van der Waals surface area contributed by atoms with Crippen molar-refractivity contribution >= 4 is 5.91 Å². The number of fused-ring (bicyclic) bond motifs is 1. The van der Waals surface area contributed by atoms with Crippen molar-refractivity contribution in [1.29, 1.82) is 0 Å². The number of carbonyl (C=O) groups excluding carboxylic acids is 1. The van der Waals surface area contributed by atoms with E-state index in [1.165, 1.54) is 6.07 Å². The molecule has 134 valence electrons. The summed E-state index contributed by atoms with van der Waals surface area (Å²) in [5, 5.41) is 7.46. The SMILES string of the molecule is CCC(CC)n1nc(C(=O)N[C@H]2CCOc3c(F)cccc32)cc1C. The summed E-state index contributed by atoms with van der Waals surface area (Å²) in [6.07, 6.45) is 2.54. The Kier molecular flexibility index (Phi) is 5.06. The maximum absolute atomic E-state index is 13.9. The molecule has 1 atom stereocenters. The first-order chi connectivity index (χ1) is 12.0. The Labute approximate surface area is 147 Å². The van der Waals surface area contributed by atoms with Gasteiger partial charge in [-0.2, -0.15) is 5.10 Å². The molecule has 1 aromatic carbocycles. The normalized spacial score (nSPS) is 16.4. The van der Waals surface area contributed by atoms with Crippen LogP contribution in [0.25, 0.3) is 0 Å². The molecule has 3 rings (SSSR count). The van der Waals surface area contributed by atoms with Crippen LogP contribution in [0, 0.1) is 12.7 Å². The maximum atomic E-state index is 13.9. The molecular formula is C19H24FN3O2. The van der Waals surface area contributed by atoms with E-state index in [2.05, 4.69) is 24.3 Å². The van der Waals surface area contributed by atoms with Crippen molar-refractivity contribution in [2.75, 3.05) is 6.61 Å². The van der Waals surface area contributed by atoms with Crippen LogP contribution in [0.2, 0.25) is 0 Å². The van der Waals surface area contributed by atoms with Crippen molar-refractivity contribution < 1.29 is 13.9 Å². The number of benzene rings is 1. The van der Waals surface area contributed by atoms with Crippen molar-refractivity contribution in [1.82, 2.24) is 15.1 Å². The molecule has 25 heavy (non-hydrogen) atoms. The predicted molar refractivity (Wildman–Crippen MR) is 93.3 cm³/mol. The van der Waals surface area contributed by atoms with Crippen molar-refractivity contribution in [3.05, 3.63) is 47.0 Å². The van der Waals surface area contributed by atoms with Gasteiger partial charge in [0.15, 0.2) is 11.6 Å². The third-order valence-electron chi connectivity index (χ3n) is 4.77. The van der Waals surface area contributed by atoms with Gasteiger partial charge in [0.05, 0.1) is 18.7 Å². The number of carbonyl (C=O) groups is 1. The monoisotopic (exact) mass is 345 g/mol. The number of ether oxygens (including phenoxy) is 1. The Morgan fingerprint density at radius 3 is 2.92 bits per heavy atom. The molecule has 0 unspecified atom stereocenters. The zero-order valence-corrected chi connectivity index (χ0v) is 14.9. The Hall–Kier alpha value is -2.37. The van der Waals surface area contributed by atoms with E-state index in [4.69, 9.17) is 4.74 Å². The van der Waals surface area contributed by atoms with Crippen LogP contribution in [-0.2, 0) is 0 Å². The van der Waals surface area contributed by atoms with Gasteiger partial charge in [-0.05, 0) is 31.9 Å². The summed E-state index contributed by atoms with van der Waals surface area (Å²) in [7, 11) is 0. The molecule has 2 aromatic rings. The molecule has 0 saturated heterocycles.